The van der Waals surface area contributed by atoms with Gasteiger partial charge in [-0.15, -0.1) is 0 Å². The molecule has 0 spiro atoms. The average Bonchev–Trinajstić information content (AvgIpc) is 2.69. The first-order chi connectivity index (χ1) is 14.3. The first-order valence-electron chi connectivity index (χ1n) is 12.2. The fraction of sp³-hybridized carbons (Fsp3) is 1.00. The van der Waals surface area contributed by atoms with Crippen molar-refractivity contribution < 1.29 is 23.2 Å². The van der Waals surface area contributed by atoms with E-state index in [4.69, 9.17) is 18.9 Å². The van der Waals surface area contributed by atoms with Gasteiger partial charge in [-0.05, 0) is 105 Å². The van der Waals surface area contributed by atoms with Crippen LogP contribution in [-0.4, -0.2) is 52.7 Å². The molecule has 0 amide bonds. The van der Waals surface area contributed by atoms with Crippen molar-refractivity contribution in [3.05, 3.63) is 0 Å². The van der Waals surface area contributed by atoms with Crippen molar-refractivity contribution in [1.29, 1.82) is 0 Å². The third-order valence-electron chi connectivity index (χ3n) is 5.98. The largest absolute Gasteiger partial charge is 0.353 e. The van der Waals surface area contributed by atoms with E-state index in [9.17, 15) is 4.21 Å². The van der Waals surface area contributed by atoms with Crippen LogP contribution in [0.3, 0.4) is 0 Å². The molecule has 2 rings (SSSR count). The minimum Gasteiger partial charge on any atom is -0.353 e. The van der Waals surface area contributed by atoms with E-state index in [0.29, 0.717) is 0 Å². The summed E-state index contributed by atoms with van der Waals surface area (Å²) in [5, 5.41) is 0. The number of unbranched alkanes of at least 4 members (excludes halogenated alkanes) is 2. The zero-order valence-corrected chi connectivity index (χ0v) is 20.7. The minimum absolute atomic E-state index is 0.0409. The molecule has 2 aliphatic rings. The van der Waals surface area contributed by atoms with Crippen molar-refractivity contribution in [2.45, 2.75) is 129 Å². The Morgan fingerprint density at radius 3 is 1.53 bits per heavy atom. The van der Waals surface area contributed by atoms with E-state index in [0.717, 1.165) is 88.9 Å². The van der Waals surface area contributed by atoms with Crippen LogP contribution in [0.5, 0.6) is 0 Å². The van der Waals surface area contributed by atoms with E-state index in [1.165, 1.54) is 12.8 Å². The summed E-state index contributed by atoms with van der Waals surface area (Å²) in [6.07, 6.45) is 12.7. The summed E-state index contributed by atoms with van der Waals surface area (Å²) in [5.41, 5.74) is -0.339. The van der Waals surface area contributed by atoms with Crippen molar-refractivity contribution >= 4 is 10.8 Å². The quantitative estimate of drug-likeness (QED) is 0.319. The molecule has 0 aromatic rings. The Bertz CT molecular complexity index is 440. The van der Waals surface area contributed by atoms with E-state index < -0.39 is 10.8 Å². The second-order valence-electron chi connectivity index (χ2n) is 10.1. The molecule has 2 fully saturated rings. The van der Waals surface area contributed by atoms with Gasteiger partial charge in [0, 0.05) is 35.5 Å². The van der Waals surface area contributed by atoms with Gasteiger partial charge in [-0.3, -0.25) is 4.21 Å². The molecule has 0 saturated carbocycles. The van der Waals surface area contributed by atoms with Gasteiger partial charge in [0.1, 0.15) is 0 Å². The molecule has 30 heavy (non-hydrogen) atoms. The second-order valence-corrected chi connectivity index (χ2v) is 11.8. The number of rotatable bonds is 14. The Morgan fingerprint density at radius 2 is 1.17 bits per heavy atom. The van der Waals surface area contributed by atoms with Crippen LogP contribution < -0.4 is 0 Å². The van der Waals surface area contributed by atoms with Crippen LogP contribution in [0.2, 0.25) is 0 Å². The Labute approximate surface area is 187 Å². The Kier molecular flexibility index (Phi) is 11.8. The predicted octanol–water partition coefficient (Wildman–Crippen LogP) is 5.72. The lowest BCUT2D eigenvalue weighted by molar-refractivity contribution is -0.217. The fourth-order valence-electron chi connectivity index (χ4n) is 4.17. The highest BCUT2D eigenvalue weighted by Gasteiger charge is 2.26. The van der Waals surface area contributed by atoms with E-state index >= 15 is 0 Å². The third-order valence-corrected chi connectivity index (χ3v) is 7.47. The topological polar surface area (TPSA) is 54.0 Å². The maximum Gasteiger partial charge on any atom is 0.158 e. The number of hydrogen-bond acceptors (Lipinski definition) is 5. The molecule has 5 nitrogen and oxygen atoms in total. The molecule has 2 unspecified atom stereocenters. The highest BCUT2D eigenvalue weighted by molar-refractivity contribution is 7.84. The van der Waals surface area contributed by atoms with Gasteiger partial charge in [0.05, 0.1) is 11.2 Å². The van der Waals surface area contributed by atoms with Crippen molar-refractivity contribution in [3.63, 3.8) is 0 Å². The second kappa shape index (κ2) is 13.5. The molecule has 2 heterocycles. The molecular formula is C24H46O5S. The van der Waals surface area contributed by atoms with E-state index in [-0.39, 0.29) is 23.8 Å². The van der Waals surface area contributed by atoms with Gasteiger partial charge < -0.3 is 18.9 Å². The Morgan fingerprint density at radius 1 is 0.733 bits per heavy atom. The predicted molar refractivity (Wildman–Crippen MR) is 123 cm³/mol. The molecule has 0 radical (unpaired) electrons. The van der Waals surface area contributed by atoms with Crippen molar-refractivity contribution in [2.24, 2.45) is 0 Å². The van der Waals surface area contributed by atoms with Gasteiger partial charge in [0.15, 0.2) is 12.6 Å². The van der Waals surface area contributed by atoms with Gasteiger partial charge >= 0.3 is 0 Å². The molecule has 0 bridgehead atoms. The summed E-state index contributed by atoms with van der Waals surface area (Å²) < 4.78 is 36.0. The summed E-state index contributed by atoms with van der Waals surface area (Å²) in [4.78, 5) is 0. The van der Waals surface area contributed by atoms with Crippen molar-refractivity contribution in [2.75, 3.05) is 24.7 Å². The van der Waals surface area contributed by atoms with E-state index in [1.807, 2.05) is 0 Å². The average molecular weight is 447 g/mol. The molecule has 0 N–H and O–H groups in total. The maximum atomic E-state index is 12.3. The van der Waals surface area contributed by atoms with Crippen LogP contribution in [-0.2, 0) is 29.7 Å². The Balaban J connectivity index is 1.49. The summed E-state index contributed by atoms with van der Waals surface area (Å²) in [6.45, 7) is 10.2. The molecular weight excluding hydrogens is 400 g/mol. The lowest BCUT2D eigenvalue weighted by Crippen LogP contribution is -2.34. The molecule has 0 aliphatic carbocycles. The Hall–Kier alpha value is -0.0100. The van der Waals surface area contributed by atoms with Crippen LogP contribution in [0.1, 0.15) is 105 Å². The van der Waals surface area contributed by atoms with Gasteiger partial charge in [-0.1, -0.05) is 0 Å². The van der Waals surface area contributed by atoms with Gasteiger partial charge in [-0.2, -0.15) is 0 Å². The first-order valence-corrected chi connectivity index (χ1v) is 13.7. The van der Waals surface area contributed by atoms with Gasteiger partial charge in [-0.25, -0.2) is 0 Å². The van der Waals surface area contributed by atoms with Gasteiger partial charge in [0.25, 0.3) is 0 Å². The van der Waals surface area contributed by atoms with Crippen LogP contribution in [0.25, 0.3) is 0 Å². The zero-order chi connectivity index (χ0) is 21.9. The van der Waals surface area contributed by atoms with Gasteiger partial charge in [0.2, 0.25) is 0 Å². The molecule has 0 aromatic heterocycles. The lowest BCUT2D eigenvalue weighted by Gasteiger charge is -2.33. The smallest absolute Gasteiger partial charge is 0.158 e. The van der Waals surface area contributed by atoms with Crippen LogP contribution >= 0.6 is 0 Å². The van der Waals surface area contributed by atoms with Crippen LogP contribution in [0.15, 0.2) is 0 Å². The monoisotopic (exact) mass is 446 g/mol. The summed E-state index contributed by atoms with van der Waals surface area (Å²) in [5.74, 6) is 1.59. The molecule has 2 atom stereocenters. The highest BCUT2D eigenvalue weighted by atomic mass is 32.2. The first kappa shape index (κ1) is 26.2. The van der Waals surface area contributed by atoms with Crippen LogP contribution in [0, 0.1) is 0 Å². The fourth-order valence-corrected chi connectivity index (χ4v) is 5.42. The zero-order valence-electron chi connectivity index (χ0n) is 19.9. The summed E-state index contributed by atoms with van der Waals surface area (Å²) >= 11 is 0. The molecule has 2 saturated heterocycles. The number of hydrogen-bond donors (Lipinski definition) is 0. The van der Waals surface area contributed by atoms with E-state index in [1.54, 1.807) is 0 Å². The minimum atomic E-state index is -0.720. The molecule has 0 aromatic carbocycles. The third kappa shape index (κ3) is 11.6. The summed E-state index contributed by atoms with van der Waals surface area (Å²) in [6, 6.07) is 0. The standard InChI is InChI=1S/C24H46O5S/c1-23(2,28-21-13-5-9-17-26-21)15-7-11-19-30(25)20-12-8-16-24(3,4)29-22-14-6-10-18-27-22/h21-22H,5-20H2,1-4H3. The summed E-state index contributed by atoms with van der Waals surface area (Å²) in [7, 11) is -0.720. The SMILES string of the molecule is CC(C)(CCCCS(=O)CCCCC(C)(C)OC1CCCCO1)OC1CCCCO1. The number of ether oxygens (including phenoxy) is 4. The van der Waals surface area contributed by atoms with Crippen molar-refractivity contribution in [3.8, 4) is 0 Å². The molecule has 6 heteroatoms. The normalized spacial score (nSPS) is 24.7. The molecule has 2 aliphatic heterocycles. The van der Waals surface area contributed by atoms with Crippen molar-refractivity contribution in [1.82, 2.24) is 0 Å². The molecule has 178 valence electrons. The highest BCUT2D eigenvalue weighted by Crippen LogP contribution is 2.26. The van der Waals surface area contributed by atoms with Crippen LogP contribution in [0.4, 0.5) is 0 Å². The van der Waals surface area contributed by atoms with E-state index in [2.05, 4.69) is 27.7 Å². The lowest BCUT2D eigenvalue weighted by atomic mass is 10.0. The maximum absolute atomic E-state index is 12.3.